The molecule has 0 saturated heterocycles. The van der Waals surface area contributed by atoms with Gasteiger partial charge in [-0.25, -0.2) is 0 Å². The zero-order chi connectivity index (χ0) is 29.1. The maximum atomic E-state index is 6.77. The minimum atomic E-state index is 0.433. The Balaban J connectivity index is 1.63. The van der Waals surface area contributed by atoms with Crippen molar-refractivity contribution in [1.82, 2.24) is 15.5 Å². The van der Waals surface area contributed by atoms with Gasteiger partial charge in [0.2, 0.25) is 0 Å². The summed E-state index contributed by atoms with van der Waals surface area (Å²) in [6, 6.07) is 13.3. The second-order valence-corrected chi connectivity index (χ2v) is 10.5. The molecule has 0 spiro atoms. The standard InChI is InChI=1S/C31H29Cl2N3O5/c1-17-10-22(39-34-17)8-6-7-9-23(20-13-24(28-11-18(2)35-40-28)30(37-4)26(32)15-20)21-14-25(29-12-19(3)36-41-29)31(38-5)27(33)16-21/h9-16H,6-8H2,1-5H3. The van der Waals surface area contributed by atoms with Crippen LogP contribution in [-0.4, -0.2) is 29.7 Å². The third kappa shape index (κ3) is 6.19. The summed E-state index contributed by atoms with van der Waals surface area (Å²) in [7, 11) is 3.15. The van der Waals surface area contributed by atoms with E-state index in [4.69, 9.17) is 46.2 Å². The summed E-state index contributed by atoms with van der Waals surface area (Å²) in [5.74, 6) is 2.94. The van der Waals surface area contributed by atoms with Gasteiger partial charge in [0.05, 0.1) is 52.5 Å². The second-order valence-electron chi connectivity index (χ2n) is 9.69. The molecule has 2 aromatic carbocycles. The number of ether oxygens (including phenoxy) is 2. The second kappa shape index (κ2) is 12.2. The van der Waals surface area contributed by atoms with Crippen molar-refractivity contribution in [2.45, 2.75) is 40.0 Å². The van der Waals surface area contributed by atoms with Crippen LogP contribution in [0.25, 0.3) is 28.2 Å². The molecule has 0 aliphatic carbocycles. The van der Waals surface area contributed by atoms with Crippen LogP contribution in [0.5, 0.6) is 11.5 Å². The van der Waals surface area contributed by atoms with Gasteiger partial charge in [0.1, 0.15) is 17.3 Å². The van der Waals surface area contributed by atoms with Gasteiger partial charge in [-0.1, -0.05) is 44.7 Å². The Morgan fingerprint density at radius 3 is 1.61 bits per heavy atom. The van der Waals surface area contributed by atoms with Crippen LogP contribution in [0.1, 0.15) is 46.8 Å². The molecule has 0 atom stereocenters. The van der Waals surface area contributed by atoms with Crippen molar-refractivity contribution >= 4 is 28.8 Å². The van der Waals surface area contributed by atoms with E-state index in [-0.39, 0.29) is 0 Å². The number of nitrogens with zero attached hydrogens (tertiary/aromatic N) is 3. The first-order valence-electron chi connectivity index (χ1n) is 13.0. The quantitative estimate of drug-likeness (QED) is 0.148. The van der Waals surface area contributed by atoms with Crippen molar-refractivity contribution in [3.63, 3.8) is 0 Å². The van der Waals surface area contributed by atoms with E-state index in [1.807, 2.05) is 63.2 Å². The summed E-state index contributed by atoms with van der Waals surface area (Å²) in [5.41, 5.74) is 6.32. The summed E-state index contributed by atoms with van der Waals surface area (Å²) in [6.45, 7) is 5.63. The summed E-state index contributed by atoms with van der Waals surface area (Å²) in [4.78, 5) is 0. The van der Waals surface area contributed by atoms with E-state index in [0.29, 0.717) is 44.2 Å². The molecule has 0 unspecified atom stereocenters. The molecule has 5 aromatic rings. The highest BCUT2D eigenvalue weighted by atomic mass is 35.5. The summed E-state index contributed by atoms with van der Waals surface area (Å²) >= 11 is 13.5. The van der Waals surface area contributed by atoms with Crippen LogP contribution < -0.4 is 9.47 Å². The first kappa shape index (κ1) is 28.5. The van der Waals surface area contributed by atoms with Crippen LogP contribution in [0.2, 0.25) is 10.0 Å². The highest BCUT2D eigenvalue weighted by molar-refractivity contribution is 6.33. The predicted octanol–water partition coefficient (Wildman–Crippen LogP) is 8.69. The minimum absolute atomic E-state index is 0.433. The number of hydrogen-bond acceptors (Lipinski definition) is 8. The maximum absolute atomic E-state index is 6.77. The van der Waals surface area contributed by atoms with Gasteiger partial charge in [0, 0.05) is 24.6 Å². The molecule has 8 nitrogen and oxygen atoms in total. The van der Waals surface area contributed by atoms with Gasteiger partial charge in [0.25, 0.3) is 0 Å². The fraction of sp³-hybridized carbons (Fsp3) is 0.258. The van der Waals surface area contributed by atoms with Crippen LogP contribution >= 0.6 is 23.2 Å². The normalized spacial score (nSPS) is 11.1. The molecule has 0 fully saturated rings. The molecule has 41 heavy (non-hydrogen) atoms. The molecule has 5 rings (SSSR count). The lowest BCUT2D eigenvalue weighted by Gasteiger charge is -2.17. The first-order valence-corrected chi connectivity index (χ1v) is 13.8. The third-order valence-corrected chi connectivity index (χ3v) is 7.12. The molecular formula is C31H29Cl2N3O5. The fourth-order valence-corrected chi connectivity index (χ4v) is 5.31. The van der Waals surface area contributed by atoms with Gasteiger partial charge in [-0.3, -0.25) is 0 Å². The van der Waals surface area contributed by atoms with Gasteiger partial charge < -0.3 is 23.0 Å². The molecule has 0 aliphatic heterocycles. The highest BCUT2D eigenvalue weighted by Gasteiger charge is 2.21. The number of aryl methyl sites for hydroxylation is 4. The molecular weight excluding hydrogens is 565 g/mol. The number of benzene rings is 2. The van der Waals surface area contributed by atoms with Crippen LogP contribution in [0, 0.1) is 20.8 Å². The Bertz CT molecular complexity index is 1620. The van der Waals surface area contributed by atoms with Crippen molar-refractivity contribution in [3.05, 3.63) is 92.6 Å². The molecule has 3 heterocycles. The Morgan fingerprint density at radius 2 is 1.20 bits per heavy atom. The van der Waals surface area contributed by atoms with Gasteiger partial charge in [0.15, 0.2) is 11.5 Å². The molecule has 0 radical (unpaired) electrons. The molecule has 3 aromatic heterocycles. The fourth-order valence-electron chi connectivity index (χ4n) is 4.72. The van der Waals surface area contributed by atoms with Crippen LogP contribution in [0.4, 0.5) is 0 Å². The topological polar surface area (TPSA) is 96.6 Å². The molecule has 0 bridgehead atoms. The van der Waals surface area contributed by atoms with Crippen molar-refractivity contribution in [2.24, 2.45) is 0 Å². The summed E-state index contributed by atoms with van der Waals surface area (Å²) in [6.07, 6.45) is 4.50. The lowest BCUT2D eigenvalue weighted by molar-refractivity contribution is 0.377. The molecule has 0 aliphatic rings. The van der Waals surface area contributed by atoms with Crippen molar-refractivity contribution in [1.29, 1.82) is 0 Å². The average Bonchev–Trinajstić information content (AvgIpc) is 3.69. The maximum Gasteiger partial charge on any atom is 0.170 e. The SMILES string of the molecule is COc1c(Cl)cc(C(=CCCCc2cc(C)no2)c2cc(Cl)c(OC)c(-c3cc(C)no3)c2)cc1-c1cc(C)no1. The minimum Gasteiger partial charge on any atom is -0.494 e. The molecule has 0 amide bonds. The lowest BCUT2D eigenvalue weighted by atomic mass is 9.92. The molecule has 0 saturated carbocycles. The zero-order valence-corrected chi connectivity index (χ0v) is 24.9. The summed E-state index contributed by atoms with van der Waals surface area (Å²) in [5, 5.41) is 13.0. The number of halogens is 2. The number of methoxy groups -OCH3 is 2. The Kier molecular flexibility index (Phi) is 8.52. The van der Waals surface area contributed by atoms with Crippen molar-refractivity contribution in [2.75, 3.05) is 14.2 Å². The number of hydrogen-bond donors (Lipinski definition) is 0. The Labute approximate surface area is 247 Å². The van der Waals surface area contributed by atoms with Gasteiger partial charge in [-0.05, 0) is 74.6 Å². The molecule has 10 heteroatoms. The number of aromatic nitrogens is 3. The monoisotopic (exact) mass is 593 g/mol. The lowest BCUT2D eigenvalue weighted by Crippen LogP contribution is -1.97. The van der Waals surface area contributed by atoms with Gasteiger partial charge >= 0.3 is 0 Å². The summed E-state index contributed by atoms with van der Waals surface area (Å²) < 4.78 is 27.9. The number of unbranched alkanes of at least 4 members (excludes halogenated alkanes) is 1. The number of allylic oxidation sites excluding steroid dienone is 1. The Hall–Kier alpha value is -4.01. The van der Waals surface area contributed by atoms with Crippen LogP contribution in [0.15, 0.2) is 62.1 Å². The number of rotatable bonds is 10. The van der Waals surface area contributed by atoms with E-state index in [0.717, 1.165) is 58.8 Å². The Morgan fingerprint density at radius 1 is 0.707 bits per heavy atom. The third-order valence-electron chi connectivity index (χ3n) is 6.56. The van der Waals surface area contributed by atoms with E-state index in [1.165, 1.54) is 0 Å². The smallest absolute Gasteiger partial charge is 0.170 e. The van der Waals surface area contributed by atoms with Crippen LogP contribution in [0.3, 0.4) is 0 Å². The highest BCUT2D eigenvalue weighted by Crippen LogP contribution is 2.44. The molecule has 212 valence electrons. The van der Waals surface area contributed by atoms with Crippen molar-refractivity contribution < 1.29 is 23.0 Å². The van der Waals surface area contributed by atoms with E-state index in [1.54, 1.807) is 14.2 Å². The van der Waals surface area contributed by atoms with Crippen LogP contribution in [-0.2, 0) is 6.42 Å². The molecule has 0 N–H and O–H groups in total. The first-order chi connectivity index (χ1) is 19.8. The average molecular weight is 594 g/mol. The predicted molar refractivity (Wildman–Crippen MR) is 158 cm³/mol. The van der Waals surface area contributed by atoms with E-state index in [2.05, 4.69) is 21.5 Å². The largest absolute Gasteiger partial charge is 0.494 e. The van der Waals surface area contributed by atoms with Crippen molar-refractivity contribution in [3.8, 4) is 34.1 Å². The zero-order valence-electron chi connectivity index (χ0n) is 23.4. The van der Waals surface area contributed by atoms with E-state index in [9.17, 15) is 0 Å². The van der Waals surface area contributed by atoms with Gasteiger partial charge in [-0.15, -0.1) is 0 Å². The van der Waals surface area contributed by atoms with Gasteiger partial charge in [-0.2, -0.15) is 0 Å². The van der Waals surface area contributed by atoms with E-state index >= 15 is 0 Å². The van der Waals surface area contributed by atoms with E-state index < -0.39 is 0 Å².